The topological polar surface area (TPSA) is 24.1 Å². The van der Waals surface area contributed by atoms with Gasteiger partial charge in [0.05, 0.1) is 10.0 Å². The fourth-order valence-corrected chi connectivity index (χ4v) is 3.20. The van der Waals surface area contributed by atoms with Crippen LogP contribution in [0.3, 0.4) is 0 Å². The van der Waals surface area contributed by atoms with Crippen molar-refractivity contribution < 1.29 is 0 Å². The molecule has 2 rings (SSSR count). The maximum absolute atomic E-state index is 5.96. The van der Waals surface area contributed by atoms with Crippen molar-refractivity contribution >= 4 is 57.6 Å². The number of rotatable bonds is 4. The number of nitrogens with one attached hydrogen (secondary N) is 2. The Kier molecular flexibility index (Phi) is 5.66. The Morgan fingerprint density at radius 1 is 1.30 bits per heavy atom. The number of thiocarbonyl (C=S) groups is 1. The van der Waals surface area contributed by atoms with Crippen LogP contribution in [0.2, 0.25) is 10.0 Å². The van der Waals surface area contributed by atoms with Crippen LogP contribution >= 0.6 is 46.8 Å². The maximum Gasteiger partial charge on any atom is 0.170 e. The van der Waals surface area contributed by atoms with Gasteiger partial charge < -0.3 is 10.6 Å². The van der Waals surface area contributed by atoms with Crippen molar-refractivity contribution in [1.82, 2.24) is 5.32 Å². The quantitative estimate of drug-likeness (QED) is 0.765. The van der Waals surface area contributed by atoms with Crippen LogP contribution in [0.5, 0.6) is 0 Å². The molecule has 1 aromatic carbocycles. The van der Waals surface area contributed by atoms with Crippen LogP contribution in [0, 0.1) is 0 Å². The molecule has 0 saturated carbocycles. The molecule has 2 nitrogen and oxygen atoms in total. The Morgan fingerprint density at radius 2 is 2.10 bits per heavy atom. The lowest BCUT2D eigenvalue weighted by molar-refractivity contribution is 0.670. The summed E-state index contributed by atoms with van der Waals surface area (Å²) in [6.07, 6.45) is 0.945. The van der Waals surface area contributed by atoms with Gasteiger partial charge >= 0.3 is 0 Å². The van der Waals surface area contributed by atoms with Crippen molar-refractivity contribution in [1.29, 1.82) is 0 Å². The largest absolute Gasteiger partial charge is 0.360 e. The third-order valence-corrected chi connectivity index (χ3v) is 4.50. The van der Waals surface area contributed by atoms with Gasteiger partial charge in [-0.05, 0) is 48.8 Å². The summed E-state index contributed by atoms with van der Waals surface area (Å²) < 4.78 is 0. The standard InChI is InChI=1S/C14H14Cl2N2S2/c1-9(7-11-3-2-6-20-11)17-14(19)18-10-4-5-12(15)13(16)8-10/h2-6,8-9H,7H2,1H3,(H2,17,18,19)/t9-/m0/s1. The number of halogens is 2. The van der Waals surface area contributed by atoms with Crippen molar-refractivity contribution in [3.63, 3.8) is 0 Å². The van der Waals surface area contributed by atoms with Gasteiger partial charge in [-0.1, -0.05) is 29.3 Å². The van der Waals surface area contributed by atoms with E-state index < -0.39 is 0 Å². The van der Waals surface area contributed by atoms with E-state index in [4.69, 9.17) is 35.4 Å². The van der Waals surface area contributed by atoms with Crippen LogP contribution in [0.25, 0.3) is 0 Å². The molecule has 1 aromatic heterocycles. The molecule has 0 fully saturated rings. The van der Waals surface area contributed by atoms with Crippen molar-refractivity contribution in [2.24, 2.45) is 0 Å². The molecule has 1 atom stereocenters. The number of thiophene rings is 1. The molecular formula is C14H14Cl2N2S2. The summed E-state index contributed by atoms with van der Waals surface area (Å²) in [7, 11) is 0. The lowest BCUT2D eigenvalue weighted by atomic mass is 10.2. The second-order valence-electron chi connectivity index (χ2n) is 4.41. The van der Waals surface area contributed by atoms with Crippen LogP contribution in [0.15, 0.2) is 35.7 Å². The van der Waals surface area contributed by atoms with E-state index >= 15 is 0 Å². The molecule has 0 unspecified atom stereocenters. The number of anilines is 1. The van der Waals surface area contributed by atoms with E-state index in [1.165, 1.54) is 4.88 Å². The fraction of sp³-hybridized carbons (Fsp3) is 0.214. The minimum Gasteiger partial charge on any atom is -0.360 e. The van der Waals surface area contributed by atoms with Gasteiger partial charge in [0.15, 0.2) is 5.11 Å². The first kappa shape index (κ1) is 15.6. The molecule has 2 aromatic rings. The fourth-order valence-electron chi connectivity index (χ4n) is 1.75. The normalized spacial score (nSPS) is 11.9. The average Bonchev–Trinajstić information content (AvgIpc) is 2.86. The smallest absolute Gasteiger partial charge is 0.170 e. The van der Waals surface area contributed by atoms with E-state index in [0.717, 1.165) is 12.1 Å². The molecule has 2 N–H and O–H groups in total. The van der Waals surface area contributed by atoms with E-state index in [9.17, 15) is 0 Å². The van der Waals surface area contributed by atoms with Crippen molar-refractivity contribution in [3.8, 4) is 0 Å². The summed E-state index contributed by atoms with van der Waals surface area (Å²) >= 11 is 18.9. The molecule has 0 saturated heterocycles. The Hall–Kier alpha value is -0.810. The van der Waals surface area contributed by atoms with Crippen LogP contribution in [-0.2, 0) is 6.42 Å². The zero-order valence-electron chi connectivity index (χ0n) is 10.8. The van der Waals surface area contributed by atoms with Gasteiger partial charge in [0.1, 0.15) is 0 Å². The molecule has 0 radical (unpaired) electrons. The molecule has 0 spiro atoms. The highest BCUT2D eigenvalue weighted by molar-refractivity contribution is 7.80. The van der Waals surface area contributed by atoms with Crippen molar-refractivity contribution in [2.75, 3.05) is 5.32 Å². The lowest BCUT2D eigenvalue weighted by Crippen LogP contribution is -2.36. The summed E-state index contributed by atoms with van der Waals surface area (Å²) in [4.78, 5) is 1.34. The molecule has 0 aliphatic heterocycles. The van der Waals surface area contributed by atoms with Crippen LogP contribution in [0.1, 0.15) is 11.8 Å². The van der Waals surface area contributed by atoms with Gasteiger partial charge in [-0.15, -0.1) is 11.3 Å². The predicted molar refractivity (Wildman–Crippen MR) is 93.3 cm³/mol. The van der Waals surface area contributed by atoms with Gasteiger partial charge in [-0.3, -0.25) is 0 Å². The first-order valence-corrected chi connectivity index (χ1v) is 8.14. The summed E-state index contributed by atoms with van der Waals surface area (Å²) in [5, 5.41) is 10.0. The molecule has 0 aliphatic carbocycles. The highest BCUT2D eigenvalue weighted by Crippen LogP contribution is 2.24. The molecule has 0 aliphatic rings. The lowest BCUT2D eigenvalue weighted by Gasteiger charge is -2.16. The molecule has 6 heteroatoms. The number of benzene rings is 1. The van der Waals surface area contributed by atoms with Gasteiger partial charge in [0, 0.05) is 23.0 Å². The van der Waals surface area contributed by atoms with Crippen molar-refractivity contribution in [2.45, 2.75) is 19.4 Å². The van der Waals surface area contributed by atoms with Gasteiger partial charge in [-0.2, -0.15) is 0 Å². The maximum atomic E-state index is 5.96. The van der Waals surface area contributed by atoms with E-state index in [-0.39, 0.29) is 6.04 Å². The molecule has 1 heterocycles. The molecule has 0 bridgehead atoms. The third kappa shape index (κ3) is 4.63. The minimum atomic E-state index is 0.261. The SMILES string of the molecule is C[C@@H](Cc1cccs1)NC(=S)Nc1ccc(Cl)c(Cl)c1. The van der Waals surface area contributed by atoms with Gasteiger partial charge in [0.2, 0.25) is 0 Å². The Morgan fingerprint density at radius 3 is 2.75 bits per heavy atom. The molecular weight excluding hydrogens is 331 g/mol. The first-order chi connectivity index (χ1) is 9.54. The zero-order chi connectivity index (χ0) is 14.5. The molecule has 106 valence electrons. The van der Waals surface area contributed by atoms with E-state index in [1.54, 1.807) is 23.5 Å². The number of hydrogen-bond acceptors (Lipinski definition) is 2. The minimum absolute atomic E-state index is 0.261. The van der Waals surface area contributed by atoms with E-state index in [1.807, 2.05) is 6.07 Å². The second kappa shape index (κ2) is 7.27. The number of hydrogen-bond donors (Lipinski definition) is 2. The summed E-state index contributed by atoms with van der Waals surface area (Å²) in [6, 6.07) is 9.77. The Balaban J connectivity index is 1.87. The van der Waals surface area contributed by atoms with Crippen molar-refractivity contribution in [3.05, 3.63) is 50.6 Å². The highest BCUT2D eigenvalue weighted by atomic mass is 35.5. The van der Waals surface area contributed by atoms with E-state index in [2.05, 4.69) is 35.1 Å². The molecule has 0 amide bonds. The summed E-state index contributed by atoms with van der Waals surface area (Å²) in [6.45, 7) is 2.10. The zero-order valence-corrected chi connectivity index (χ0v) is 14.0. The first-order valence-electron chi connectivity index (χ1n) is 6.09. The van der Waals surface area contributed by atoms with Crippen LogP contribution < -0.4 is 10.6 Å². The Bertz CT molecular complexity index is 585. The van der Waals surface area contributed by atoms with Crippen LogP contribution in [0.4, 0.5) is 5.69 Å². The highest BCUT2D eigenvalue weighted by Gasteiger charge is 2.07. The monoisotopic (exact) mass is 344 g/mol. The van der Waals surface area contributed by atoms with E-state index in [0.29, 0.717) is 15.2 Å². The third-order valence-electron chi connectivity index (χ3n) is 2.64. The molecule has 20 heavy (non-hydrogen) atoms. The van der Waals surface area contributed by atoms with Crippen LogP contribution in [-0.4, -0.2) is 11.2 Å². The summed E-state index contributed by atoms with van der Waals surface area (Å²) in [5.41, 5.74) is 0.820. The van der Waals surface area contributed by atoms with Gasteiger partial charge in [0.25, 0.3) is 0 Å². The van der Waals surface area contributed by atoms with Gasteiger partial charge in [-0.25, -0.2) is 0 Å². The predicted octanol–water partition coefficient (Wildman–Crippen LogP) is 4.97. The Labute approximate surface area is 138 Å². The second-order valence-corrected chi connectivity index (χ2v) is 6.67. The summed E-state index contributed by atoms with van der Waals surface area (Å²) in [5.74, 6) is 0. The average molecular weight is 345 g/mol.